The first kappa shape index (κ1) is 12.7. The summed E-state index contributed by atoms with van der Waals surface area (Å²) < 4.78 is 0. The second-order valence-electron chi connectivity index (χ2n) is 3.76. The zero-order valence-corrected chi connectivity index (χ0v) is 9.27. The van der Waals surface area contributed by atoms with Crippen LogP contribution in [0.4, 0.5) is 0 Å². The molecule has 0 heterocycles. The highest BCUT2D eigenvalue weighted by Gasteiger charge is 2.15. The van der Waals surface area contributed by atoms with E-state index in [1.807, 2.05) is 6.92 Å². The van der Waals surface area contributed by atoms with Crippen molar-refractivity contribution in [3.63, 3.8) is 0 Å². The largest absolute Gasteiger partial charge is 0.329 e. The van der Waals surface area contributed by atoms with E-state index < -0.39 is 0 Å². The Morgan fingerprint density at radius 1 is 1.38 bits per heavy atom. The normalized spacial score (nSPS) is 13.3. The van der Waals surface area contributed by atoms with Crippen molar-refractivity contribution in [3.05, 3.63) is 12.2 Å². The van der Waals surface area contributed by atoms with Crippen LogP contribution in [0.25, 0.3) is 0 Å². The van der Waals surface area contributed by atoms with Gasteiger partial charge in [0.1, 0.15) is 0 Å². The van der Waals surface area contributed by atoms with Crippen LogP contribution >= 0.6 is 0 Å². The van der Waals surface area contributed by atoms with Gasteiger partial charge in [0.15, 0.2) is 0 Å². The van der Waals surface area contributed by atoms with Gasteiger partial charge < -0.3 is 11.1 Å². The second kappa shape index (κ2) is 7.10. The first-order chi connectivity index (χ1) is 6.15. The van der Waals surface area contributed by atoms with Crippen LogP contribution in [0.15, 0.2) is 12.2 Å². The molecule has 2 nitrogen and oxygen atoms in total. The second-order valence-corrected chi connectivity index (χ2v) is 3.76. The Bertz CT molecular complexity index is 139. The maximum Gasteiger partial charge on any atom is 0.0221 e. The van der Waals surface area contributed by atoms with Crippen LogP contribution < -0.4 is 11.1 Å². The molecule has 0 saturated heterocycles. The predicted octanol–water partition coefficient (Wildman–Crippen LogP) is 1.92. The van der Waals surface area contributed by atoms with E-state index in [1.54, 1.807) is 0 Å². The Morgan fingerprint density at radius 3 is 2.23 bits per heavy atom. The fourth-order valence-electron chi connectivity index (χ4n) is 1.61. The molecule has 1 unspecified atom stereocenters. The number of rotatable bonds is 7. The summed E-state index contributed by atoms with van der Waals surface area (Å²) in [6.45, 7) is 12.0. The molecule has 0 radical (unpaired) electrons. The summed E-state index contributed by atoms with van der Waals surface area (Å²) in [5.74, 6) is 0.698. The average molecular weight is 184 g/mol. The topological polar surface area (TPSA) is 38.0 Å². The summed E-state index contributed by atoms with van der Waals surface area (Å²) in [7, 11) is 0. The van der Waals surface area contributed by atoms with E-state index in [1.165, 1.54) is 18.4 Å². The summed E-state index contributed by atoms with van der Waals surface area (Å²) >= 11 is 0. The van der Waals surface area contributed by atoms with Crippen molar-refractivity contribution in [2.24, 2.45) is 11.7 Å². The quantitative estimate of drug-likeness (QED) is 0.593. The van der Waals surface area contributed by atoms with Crippen molar-refractivity contribution in [2.45, 2.75) is 39.7 Å². The van der Waals surface area contributed by atoms with Crippen LogP contribution in [0, 0.1) is 5.92 Å². The maximum absolute atomic E-state index is 5.72. The van der Waals surface area contributed by atoms with Crippen molar-refractivity contribution in [3.8, 4) is 0 Å². The number of hydrogen-bond acceptors (Lipinski definition) is 2. The monoisotopic (exact) mass is 184 g/mol. The summed E-state index contributed by atoms with van der Waals surface area (Å²) in [6.07, 6.45) is 2.39. The Kier molecular flexibility index (Phi) is 6.92. The highest BCUT2D eigenvalue weighted by Crippen LogP contribution is 2.12. The molecular weight excluding hydrogens is 160 g/mol. The molecule has 3 N–H and O–H groups in total. The van der Waals surface area contributed by atoms with Crippen molar-refractivity contribution in [1.82, 2.24) is 5.32 Å². The van der Waals surface area contributed by atoms with Crippen molar-refractivity contribution < 1.29 is 0 Å². The van der Waals surface area contributed by atoms with E-state index in [2.05, 4.69) is 25.7 Å². The SMILES string of the molecule is C=C(C)CNC(CN)C(CC)CC. The van der Waals surface area contributed by atoms with Crippen molar-refractivity contribution in [1.29, 1.82) is 0 Å². The Labute approximate surface area is 82.6 Å². The van der Waals surface area contributed by atoms with Gasteiger partial charge in [-0.05, 0) is 12.8 Å². The highest BCUT2D eigenvalue weighted by molar-refractivity contribution is 4.92. The van der Waals surface area contributed by atoms with E-state index in [0.717, 1.165) is 13.1 Å². The minimum atomic E-state index is 0.451. The maximum atomic E-state index is 5.72. The molecule has 0 aliphatic heterocycles. The lowest BCUT2D eigenvalue weighted by Crippen LogP contribution is -2.42. The Hall–Kier alpha value is -0.340. The third-order valence-electron chi connectivity index (χ3n) is 2.54. The molecule has 0 aromatic heterocycles. The van der Waals surface area contributed by atoms with Crippen LogP contribution in [0.1, 0.15) is 33.6 Å². The first-order valence-corrected chi connectivity index (χ1v) is 5.23. The van der Waals surface area contributed by atoms with Crippen molar-refractivity contribution in [2.75, 3.05) is 13.1 Å². The lowest BCUT2D eigenvalue weighted by molar-refractivity contribution is 0.347. The van der Waals surface area contributed by atoms with Gasteiger partial charge in [-0.25, -0.2) is 0 Å². The summed E-state index contributed by atoms with van der Waals surface area (Å²) in [5.41, 5.74) is 6.89. The molecule has 13 heavy (non-hydrogen) atoms. The molecule has 0 saturated carbocycles. The molecular formula is C11H24N2. The minimum Gasteiger partial charge on any atom is -0.329 e. The smallest absolute Gasteiger partial charge is 0.0221 e. The minimum absolute atomic E-state index is 0.451. The molecule has 1 atom stereocenters. The van der Waals surface area contributed by atoms with Gasteiger partial charge in [-0.3, -0.25) is 0 Å². The first-order valence-electron chi connectivity index (χ1n) is 5.23. The Balaban J connectivity index is 3.92. The average Bonchev–Trinajstić information content (AvgIpc) is 2.11. The zero-order valence-electron chi connectivity index (χ0n) is 9.27. The van der Waals surface area contributed by atoms with Crippen LogP contribution in [0.3, 0.4) is 0 Å². The molecule has 0 amide bonds. The predicted molar refractivity (Wildman–Crippen MR) is 59.7 cm³/mol. The van der Waals surface area contributed by atoms with Crippen LogP contribution in [-0.2, 0) is 0 Å². The third kappa shape index (κ3) is 5.06. The molecule has 78 valence electrons. The summed E-state index contributed by atoms with van der Waals surface area (Å²) in [6, 6.07) is 0.451. The van der Waals surface area contributed by atoms with Crippen molar-refractivity contribution >= 4 is 0 Å². The molecule has 0 aromatic rings. The molecule has 0 spiro atoms. The summed E-state index contributed by atoms with van der Waals surface area (Å²) in [5, 5.41) is 3.45. The van der Waals surface area contributed by atoms with Gasteiger partial charge in [0.25, 0.3) is 0 Å². The van der Waals surface area contributed by atoms with Crippen LogP contribution in [0.2, 0.25) is 0 Å². The molecule has 0 aliphatic rings. The third-order valence-corrected chi connectivity index (χ3v) is 2.54. The van der Waals surface area contributed by atoms with Gasteiger partial charge in [-0.1, -0.05) is 38.8 Å². The molecule has 0 aromatic carbocycles. The lowest BCUT2D eigenvalue weighted by atomic mass is 9.94. The molecule has 0 bridgehead atoms. The lowest BCUT2D eigenvalue weighted by Gasteiger charge is -2.25. The van der Waals surface area contributed by atoms with E-state index in [0.29, 0.717) is 12.0 Å². The summed E-state index contributed by atoms with van der Waals surface area (Å²) in [4.78, 5) is 0. The fourth-order valence-corrected chi connectivity index (χ4v) is 1.61. The van der Waals surface area contributed by atoms with Gasteiger partial charge in [-0.2, -0.15) is 0 Å². The van der Waals surface area contributed by atoms with Gasteiger partial charge in [0.2, 0.25) is 0 Å². The van der Waals surface area contributed by atoms with E-state index in [-0.39, 0.29) is 0 Å². The molecule has 2 heteroatoms. The van der Waals surface area contributed by atoms with E-state index in [9.17, 15) is 0 Å². The zero-order chi connectivity index (χ0) is 10.3. The van der Waals surface area contributed by atoms with Gasteiger partial charge in [0, 0.05) is 19.1 Å². The van der Waals surface area contributed by atoms with Crippen LogP contribution in [0.5, 0.6) is 0 Å². The van der Waals surface area contributed by atoms with Gasteiger partial charge in [-0.15, -0.1) is 0 Å². The fraction of sp³-hybridized carbons (Fsp3) is 0.818. The standard InChI is InChI=1S/C11H24N2/c1-5-10(6-2)11(7-12)13-8-9(3)4/h10-11,13H,3,5-8,12H2,1-2,4H3. The van der Waals surface area contributed by atoms with E-state index in [4.69, 9.17) is 5.73 Å². The Morgan fingerprint density at radius 2 is 1.92 bits per heavy atom. The van der Waals surface area contributed by atoms with Gasteiger partial charge in [0.05, 0.1) is 0 Å². The van der Waals surface area contributed by atoms with E-state index >= 15 is 0 Å². The number of hydrogen-bond donors (Lipinski definition) is 2. The van der Waals surface area contributed by atoms with Crippen LogP contribution in [-0.4, -0.2) is 19.1 Å². The highest BCUT2D eigenvalue weighted by atomic mass is 14.9. The number of nitrogens with one attached hydrogen (secondary N) is 1. The molecule has 0 fully saturated rings. The van der Waals surface area contributed by atoms with Gasteiger partial charge >= 0.3 is 0 Å². The molecule has 0 rings (SSSR count). The molecule has 0 aliphatic carbocycles. The number of nitrogens with two attached hydrogens (primary N) is 1.